The van der Waals surface area contributed by atoms with E-state index >= 15 is 0 Å². The van der Waals surface area contributed by atoms with Gasteiger partial charge in [0.15, 0.2) is 0 Å². The van der Waals surface area contributed by atoms with Crippen molar-refractivity contribution in [2.45, 2.75) is 26.0 Å². The number of benzene rings is 1. The maximum absolute atomic E-state index is 5.32. The van der Waals surface area contributed by atoms with Crippen LogP contribution in [0, 0.1) is 0 Å². The standard InChI is InChI=1S/C15H20N2OS/c1-11(18-3)9-14-17-13(10-16-2)15(19-14)12-7-5-4-6-8-12/h4-8,11,16H,9-10H2,1-3H3. The van der Waals surface area contributed by atoms with E-state index in [2.05, 4.69) is 36.5 Å². The molecule has 0 aliphatic heterocycles. The number of nitrogens with one attached hydrogen (secondary N) is 1. The second-order valence-electron chi connectivity index (χ2n) is 4.53. The van der Waals surface area contributed by atoms with Gasteiger partial charge in [0.05, 0.1) is 21.7 Å². The van der Waals surface area contributed by atoms with Crippen molar-refractivity contribution in [2.75, 3.05) is 14.2 Å². The number of nitrogens with zero attached hydrogens (tertiary/aromatic N) is 1. The van der Waals surface area contributed by atoms with E-state index in [4.69, 9.17) is 9.72 Å². The van der Waals surface area contributed by atoms with Gasteiger partial charge in [0.2, 0.25) is 0 Å². The summed E-state index contributed by atoms with van der Waals surface area (Å²) in [5, 5.41) is 4.33. The first-order valence-corrected chi connectivity index (χ1v) is 7.27. The largest absolute Gasteiger partial charge is 0.381 e. The van der Waals surface area contributed by atoms with Crippen molar-refractivity contribution in [2.24, 2.45) is 0 Å². The Bertz CT molecular complexity index is 510. The van der Waals surface area contributed by atoms with Crippen LogP contribution in [0.15, 0.2) is 30.3 Å². The van der Waals surface area contributed by atoms with Crippen LogP contribution in [-0.4, -0.2) is 25.2 Å². The van der Waals surface area contributed by atoms with Gasteiger partial charge >= 0.3 is 0 Å². The van der Waals surface area contributed by atoms with E-state index in [0.717, 1.165) is 23.7 Å². The first kappa shape index (κ1) is 14.2. The van der Waals surface area contributed by atoms with Crippen molar-refractivity contribution in [1.82, 2.24) is 10.3 Å². The van der Waals surface area contributed by atoms with Crippen molar-refractivity contribution in [1.29, 1.82) is 0 Å². The zero-order chi connectivity index (χ0) is 13.7. The fourth-order valence-corrected chi connectivity index (χ4v) is 3.12. The Morgan fingerprint density at radius 3 is 2.68 bits per heavy atom. The molecule has 0 radical (unpaired) electrons. The average molecular weight is 276 g/mol. The summed E-state index contributed by atoms with van der Waals surface area (Å²) in [5.41, 5.74) is 2.36. The molecule has 4 heteroatoms. The number of aromatic nitrogens is 1. The molecule has 1 N–H and O–H groups in total. The SMILES string of the molecule is CNCc1nc(CC(C)OC)sc1-c1ccccc1. The van der Waals surface area contributed by atoms with Crippen LogP contribution in [0.2, 0.25) is 0 Å². The van der Waals surface area contributed by atoms with Crippen LogP contribution in [-0.2, 0) is 17.7 Å². The van der Waals surface area contributed by atoms with Gasteiger partial charge in [0.1, 0.15) is 0 Å². The molecule has 1 atom stereocenters. The molecular formula is C15H20N2OS. The Morgan fingerprint density at radius 2 is 2.05 bits per heavy atom. The number of methoxy groups -OCH3 is 1. The second-order valence-corrected chi connectivity index (χ2v) is 5.61. The summed E-state index contributed by atoms with van der Waals surface area (Å²) in [6, 6.07) is 10.4. The molecule has 0 spiro atoms. The zero-order valence-electron chi connectivity index (χ0n) is 11.6. The van der Waals surface area contributed by atoms with E-state index in [1.165, 1.54) is 10.4 Å². The molecule has 0 amide bonds. The van der Waals surface area contributed by atoms with Crippen LogP contribution in [0.5, 0.6) is 0 Å². The molecule has 0 saturated carbocycles. The van der Waals surface area contributed by atoms with Gasteiger partial charge < -0.3 is 10.1 Å². The first-order valence-electron chi connectivity index (χ1n) is 6.46. The number of thiazole rings is 1. The third kappa shape index (κ3) is 3.62. The lowest BCUT2D eigenvalue weighted by Gasteiger charge is -2.05. The topological polar surface area (TPSA) is 34.2 Å². The normalized spacial score (nSPS) is 12.6. The van der Waals surface area contributed by atoms with Crippen molar-refractivity contribution in [3.05, 3.63) is 41.0 Å². The Labute approximate surface area is 118 Å². The molecule has 3 nitrogen and oxygen atoms in total. The molecule has 1 heterocycles. The van der Waals surface area contributed by atoms with Gasteiger partial charge in [0, 0.05) is 20.1 Å². The number of rotatable bonds is 6. The van der Waals surface area contributed by atoms with E-state index in [9.17, 15) is 0 Å². The molecule has 2 rings (SSSR count). The molecule has 2 aromatic rings. The molecule has 1 unspecified atom stereocenters. The van der Waals surface area contributed by atoms with Crippen LogP contribution in [0.1, 0.15) is 17.6 Å². The van der Waals surface area contributed by atoms with E-state index in [1.807, 2.05) is 13.1 Å². The lowest BCUT2D eigenvalue weighted by atomic mass is 10.1. The Morgan fingerprint density at radius 1 is 1.32 bits per heavy atom. The molecule has 0 bridgehead atoms. The lowest BCUT2D eigenvalue weighted by Crippen LogP contribution is -2.09. The summed E-state index contributed by atoms with van der Waals surface area (Å²) >= 11 is 1.77. The molecular weight excluding hydrogens is 256 g/mol. The molecule has 1 aromatic heterocycles. The van der Waals surface area contributed by atoms with Gasteiger partial charge in [-0.05, 0) is 19.5 Å². The summed E-state index contributed by atoms with van der Waals surface area (Å²) < 4.78 is 5.32. The van der Waals surface area contributed by atoms with Crippen molar-refractivity contribution in [3.8, 4) is 10.4 Å². The minimum Gasteiger partial charge on any atom is -0.381 e. The van der Waals surface area contributed by atoms with Gasteiger partial charge in [-0.2, -0.15) is 0 Å². The third-order valence-corrected chi connectivity index (χ3v) is 4.16. The Kier molecular flexibility index (Phi) is 5.07. The van der Waals surface area contributed by atoms with Crippen molar-refractivity contribution in [3.63, 3.8) is 0 Å². The molecule has 0 fully saturated rings. The summed E-state index contributed by atoms with van der Waals surface area (Å²) in [6.45, 7) is 2.86. The van der Waals surface area contributed by atoms with Gasteiger partial charge in [-0.1, -0.05) is 30.3 Å². The second kappa shape index (κ2) is 6.80. The minimum absolute atomic E-state index is 0.206. The predicted molar refractivity (Wildman–Crippen MR) is 80.5 cm³/mol. The van der Waals surface area contributed by atoms with Gasteiger partial charge in [-0.15, -0.1) is 11.3 Å². The Balaban J connectivity index is 2.30. The first-order chi connectivity index (χ1) is 9.24. The van der Waals surface area contributed by atoms with Crippen LogP contribution >= 0.6 is 11.3 Å². The van der Waals surface area contributed by atoms with Gasteiger partial charge in [-0.25, -0.2) is 4.98 Å². The smallest absolute Gasteiger partial charge is 0.0961 e. The van der Waals surface area contributed by atoms with E-state index in [0.29, 0.717) is 0 Å². The molecule has 0 aliphatic rings. The average Bonchev–Trinajstić information content (AvgIpc) is 2.83. The highest BCUT2D eigenvalue weighted by molar-refractivity contribution is 7.15. The van der Waals surface area contributed by atoms with Crippen LogP contribution in [0.25, 0.3) is 10.4 Å². The number of ether oxygens (including phenoxy) is 1. The predicted octanol–water partition coefficient (Wildman–Crippen LogP) is 3.11. The van der Waals surface area contributed by atoms with Crippen LogP contribution < -0.4 is 5.32 Å². The summed E-state index contributed by atoms with van der Waals surface area (Å²) in [4.78, 5) is 6.00. The lowest BCUT2D eigenvalue weighted by molar-refractivity contribution is 0.118. The third-order valence-electron chi connectivity index (χ3n) is 2.99. The van der Waals surface area contributed by atoms with Gasteiger partial charge in [-0.3, -0.25) is 0 Å². The highest BCUT2D eigenvalue weighted by Crippen LogP contribution is 2.31. The maximum Gasteiger partial charge on any atom is 0.0961 e. The van der Waals surface area contributed by atoms with Crippen molar-refractivity contribution >= 4 is 11.3 Å². The Hall–Kier alpha value is -1.23. The monoisotopic (exact) mass is 276 g/mol. The molecule has 0 saturated heterocycles. The van der Waals surface area contributed by atoms with E-state index in [-0.39, 0.29) is 6.10 Å². The van der Waals surface area contributed by atoms with E-state index in [1.54, 1.807) is 18.4 Å². The fourth-order valence-electron chi connectivity index (χ4n) is 1.92. The molecule has 0 aliphatic carbocycles. The quantitative estimate of drug-likeness (QED) is 0.880. The summed E-state index contributed by atoms with van der Waals surface area (Å²) in [5.74, 6) is 0. The molecule has 19 heavy (non-hydrogen) atoms. The fraction of sp³-hybridized carbons (Fsp3) is 0.400. The van der Waals surface area contributed by atoms with E-state index < -0.39 is 0 Å². The van der Waals surface area contributed by atoms with Crippen LogP contribution in [0.4, 0.5) is 0 Å². The minimum atomic E-state index is 0.206. The highest BCUT2D eigenvalue weighted by Gasteiger charge is 2.14. The highest BCUT2D eigenvalue weighted by atomic mass is 32.1. The zero-order valence-corrected chi connectivity index (χ0v) is 12.5. The van der Waals surface area contributed by atoms with Gasteiger partial charge in [0.25, 0.3) is 0 Å². The summed E-state index contributed by atoms with van der Waals surface area (Å²) in [6.07, 6.45) is 1.07. The summed E-state index contributed by atoms with van der Waals surface area (Å²) in [7, 11) is 3.69. The van der Waals surface area contributed by atoms with Crippen molar-refractivity contribution < 1.29 is 4.74 Å². The number of hydrogen-bond donors (Lipinski definition) is 1. The molecule has 102 valence electrons. The molecule has 1 aromatic carbocycles. The maximum atomic E-state index is 5.32. The number of hydrogen-bond acceptors (Lipinski definition) is 4. The van der Waals surface area contributed by atoms with Crippen LogP contribution in [0.3, 0.4) is 0 Å².